The number of carbonyl (C=O) groups excluding carboxylic acids is 1. The molecule has 0 bridgehead atoms. The van der Waals surface area contributed by atoms with Crippen LogP contribution in [0.1, 0.15) is 17.7 Å². The topological polar surface area (TPSA) is 98.5 Å². The van der Waals surface area contributed by atoms with Gasteiger partial charge in [0.15, 0.2) is 0 Å². The summed E-state index contributed by atoms with van der Waals surface area (Å²) in [6.07, 6.45) is 3.73. The number of aromatic nitrogens is 2. The van der Waals surface area contributed by atoms with Crippen LogP contribution in [0, 0.1) is 17.0 Å². The SMILES string of the molecule is Cc1ccc(OC2CCN(C(=O)/C=C/c3ccc([N+](=O)[O-])cc3)C2)nn1. The molecule has 0 N–H and O–H groups in total. The van der Waals surface area contributed by atoms with Gasteiger partial charge < -0.3 is 9.64 Å². The molecule has 0 spiro atoms. The summed E-state index contributed by atoms with van der Waals surface area (Å²) in [5, 5.41) is 18.6. The van der Waals surface area contributed by atoms with Crippen molar-refractivity contribution in [3.63, 3.8) is 0 Å². The predicted octanol–water partition coefficient (Wildman–Crippen LogP) is 2.39. The second kappa shape index (κ2) is 7.73. The monoisotopic (exact) mass is 354 g/mol. The van der Waals surface area contributed by atoms with Crippen LogP contribution < -0.4 is 4.74 Å². The number of amides is 1. The smallest absolute Gasteiger partial charge is 0.269 e. The lowest BCUT2D eigenvalue weighted by molar-refractivity contribution is -0.384. The highest BCUT2D eigenvalue weighted by atomic mass is 16.6. The second-order valence-electron chi connectivity index (χ2n) is 6.01. The second-order valence-corrected chi connectivity index (χ2v) is 6.01. The Balaban J connectivity index is 1.53. The Kier molecular flexibility index (Phi) is 5.21. The minimum atomic E-state index is -0.457. The number of rotatable bonds is 5. The molecule has 1 aliphatic rings. The van der Waals surface area contributed by atoms with Gasteiger partial charge in [-0.15, -0.1) is 5.10 Å². The third kappa shape index (κ3) is 4.41. The zero-order valence-electron chi connectivity index (χ0n) is 14.2. The fourth-order valence-electron chi connectivity index (χ4n) is 2.62. The Morgan fingerprint density at radius 2 is 2.04 bits per heavy atom. The van der Waals surface area contributed by atoms with Crippen molar-refractivity contribution < 1.29 is 14.5 Å². The molecule has 2 heterocycles. The van der Waals surface area contributed by atoms with E-state index in [4.69, 9.17) is 4.74 Å². The van der Waals surface area contributed by atoms with Crippen molar-refractivity contribution in [1.82, 2.24) is 15.1 Å². The maximum atomic E-state index is 12.3. The number of likely N-dealkylation sites (tertiary alicyclic amines) is 1. The van der Waals surface area contributed by atoms with Crippen molar-refractivity contribution in [1.29, 1.82) is 0 Å². The van der Waals surface area contributed by atoms with Gasteiger partial charge in [-0.05, 0) is 36.8 Å². The Morgan fingerprint density at radius 3 is 2.69 bits per heavy atom. The average molecular weight is 354 g/mol. The minimum absolute atomic E-state index is 0.0206. The van der Waals surface area contributed by atoms with Crippen LogP contribution in [0.15, 0.2) is 42.5 Å². The number of aryl methyl sites for hydroxylation is 1. The van der Waals surface area contributed by atoms with E-state index in [1.807, 2.05) is 13.0 Å². The molecule has 8 heteroatoms. The zero-order chi connectivity index (χ0) is 18.5. The van der Waals surface area contributed by atoms with Gasteiger partial charge in [-0.3, -0.25) is 14.9 Å². The molecule has 1 fully saturated rings. The number of ether oxygens (including phenoxy) is 1. The molecule has 1 aromatic carbocycles. The van der Waals surface area contributed by atoms with Crippen molar-refractivity contribution >= 4 is 17.7 Å². The Bertz CT molecular complexity index is 818. The normalized spacial score (nSPS) is 16.8. The van der Waals surface area contributed by atoms with Crippen LogP contribution in [-0.4, -0.2) is 45.1 Å². The van der Waals surface area contributed by atoms with Crippen molar-refractivity contribution in [2.45, 2.75) is 19.4 Å². The fourth-order valence-corrected chi connectivity index (χ4v) is 2.62. The Morgan fingerprint density at radius 1 is 1.27 bits per heavy atom. The summed E-state index contributed by atoms with van der Waals surface area (Å²) >= 11 is 0. The molecular formula is C18H18N4O4. The molecule has 1 unspecified atom stereocenters. The maximum Gasteiger partial charge on any atom is 0.269 e. The minimum Gasteiger partial charge on any atom is -0.471 e. The van der Waals surface area contributed by atoms with E-state index in [1.54, 1.807) is 29.2 Å². The molecule has 2 aromatic rings. The van der Waals surface area contributed by atoms with Gasteiger partial charge >= 0.3 is 0 Å². The summed E-state index contributed by atoms with van der Waals surface area (Å²) in [7, 11) is 0. The van der Waals surface area contributed by atoms with Crippen LogP contribution in [-0.2, 0) is 4.79 Å². The third-order valence-electron chi connectivity index (χ3n) is 4.04. The van der Waals surface area contributed by atoms with E-state index in [1.165, 1.54) is 18.2 Å². The summed E-state index contributed by atoms with van der Waals surface area (Å²) in [5.41, 5.74) is 1.56. The average Bonchev–Trinajstić information content (AvgIpc) is 3.10. The molecule has 134 valence electrons. The largest absolute Gasteiger partial charge is 0.471 e. The van der Waals surface area contributed by atoms with Gasteiger partial charge in [-0.25, -0.2) is 0 Å². The highest BCUT2D eigenvalue weighted by Gasteiger charge is 2.26. The number of nitro benzene ring substituents is 1. The van der Waals surface area contributed by atoms with E-state index in [0.29, 0.717) is 19.0 Å². The number of nitrogens with zero attached hydrogens (tertiary/aromatic N) is 4. The number of carbonyl (C=O) groups is 1. The quantitative estimate of drug-likeness (QED) is 0.464. The number of nitro groups is 1. The van der Waals surface area contributed by atoms with Crippen LogP contribution in [0.5, 0.6) is 5.88 Å². The molecule has 0 radical (unpaired) electrons. The Labute approximate surface area is 150 Å². The first-order chi connectivity index (χ1) is 12.5. The number of hydrogen-bond donors (Lipinski definition) is 0. The standard InChI is InChI=1S/C18H18N4O4/c1-13-2-8-17(20-19-13)26-16-10-11-21(12-16)18(23)9-5-14-3-6-15(7-4-14)22(24)25/h2-9,16H,10-12H2,1H3/b9-5+. The summed E-state index contributed by atoms with van der Waals surface area (Å²) in [6.45, 7) is 2.94. The summed E-state index contributed by atoms with van der Waals surface area (Å²) in [6, 6.07) is 9.62. The lowest BCUT2D eigenvalue weighted by Gasteiger charge is -2.15. The number of non-ortho nitro benzene ring substituents is 1. The molecule has 26 heavy (non-hydrogen) atoms. The third-order valence-corrected chi connectivity index (χ3v) is 4.04. The summed E-state index contributed by atoms with van der Waals surface area (Å²) < 4.78 is 5.75. The number of hydrogen-bond acceptors (Lipinski definition) is 6. The first-order valence-electron chi connectivity index (χ1n) is 8.20. The van der Waals surface area contributed by atoms with Crippen LogP contribution in [0.2, 0.25) is 0 Å². The first kappa shape index (κ1) is 17.5. The van der Waals surface area contributed by atoms with Crippen LogP contribution in [0.3, 0.4) is 0 Å². The molecule has 3 rings (SSSR count). The van der Waals surface area contributed by atoms with Gasteiger partial charge in [0.25, 0.3) is 5.69 Å². The van der Waals surface area contributed by atoms with Gasteiger partial charge in [-0.1, -0.05) is 0 Å². The maximum absolute atomic E-state index is 12.3. The van der Waals surface area contributed by atoms with Gasteiger partial charge in [0, 0.05) is 37.2 Å². The highest BCUT2D eigenvalue weighted by Crippen LogP contribution is 2.17. The van der Waals surface area contributed by atoms with E-state index in [9.17, 15) is 14.9 Å². The number of benzene rings is 1. The molecule has 1 aliphatic heterocycles. The van der Waals surface area contributed by atoms with Gasteiger partial charge in [-0.2, -0.15) is 5.10 Å². The Hall–Kier alpha value is -3.29. The van der Waals surface area contributed by atoms with Gasteiger partial charge in [0.2, 0.25) is 11.8 Å². The molecule has 1 atom stereocenters. The first-order valence-corrected chi connectivity index (χ1v) is 8.20. The summed E-state index contributed by atoms with van der Waals surface area (Å²) in [5.74, 6) is 0.334. The summed E-state index contributed by atoms with van der Waals surface area (Å²) in [4.78, 5) is 24.2. The van der Waals surface area contributed by atoms with E-state index < -0.39 is 4.92 Å². The van der Waals surface area contributed by atoms with E-state index in [0.717, 1.165) is 17.7 Å². The van der Waals surface area contributed by atoms with Crippen LogP contribution in [0.4, 0.5) is 5.69 Å². The lowest BCUT2D eigenvalue weighted by Crippen LogP contribution is -2.29. The van der Waals surface area contributed by atoms with Crippen LogP contribution in [0.25, 0.3) is 6.08 Å². The van der Waals surface area contributed by atoms with Gasteiger partial charge in [0.1, 0.15) is 6.10 Å². The predicted molar refractivity (Wildman–Crippen MR) is 94.5 cm³/mol. The van der Waals surface area contributed by atoms with Crippen molar-refractivity contribution in [3.8, 4) is 5.88 Å². The zero-order valence-corrected chi connectivity index (χ0v) is 14.2. The highest BCUT2D eigenvalue weighted by molar-refractivity contribution is 5.92. The molecule has 1 amide bonds. The van der Waals surface area contributed by atoms with Crippen molar-refractivity contribution in [2.24, 2.45) is 0 Å². The molecule has 8 nitrogen and oxygen atoms in total. The van der Waals surface area contributed by atoms with E-state index in [2.05, 4.69) is 10.2 Å². The molecule has 0 saturated carbocycles. The van der Waals surface area contributed by atoms with E-state index >= 15 is 0 Å². The van der Waals surface area contributed by atoms with E-state index in [-0.39, 0.29) is 17.7 Å². The molecule has 1 saturated heterocycles. The lowest BCUT2D eigenvalue weighted by atomic mass is 10.2. The van der Waals surface area contributed by atoms with Crippen LogP contribution >= 0.6 is 0 Å². The molecule has 1 aromatic heterocycles. The molecule has 0 aliphatic carbocycles. The van der Waals surface area contributed by atoms with Gasteiger partial charge in [0.05, 0.1) is 17.2 Å². The molecular weight excluding hydrogens is 336 g/mol. The van der Waals surface area contributed by atoms with Crippen molar-refractivity contribution in [3.05, 3.63) is 63.8 Å². The van der Waals surface area contributed by atoms with Crippen molar-refractivity contribution in [2.75, 3.05) is 13.1 Å². The fraction of sp³-hybridized carbons (Fsp3) is 0.278.